The maximum absolute atomic E-state index is 14.1. The average Bonchev–Trinajstić information content (AvgIpc) is 3.41. The molecule has 0 spiro atoms. The molecule has 1 unspecified atom stereocenters. The maximum atomic E-state index is 14.1. The number of carbonyl (C=O) groups is 2. The van der Waals surface area contributed by atoms with Crippen molar-refractivity contribution in [3.8, 4) is 0 Å². The van der Waals surface area contributed by atoms with Crippen LogP contribution in [-0.2, 0) is 28.3 Å². The molecular formula is C31H35FN2O2S. The first kappa shape index (κ1) is 26.9. The zero-order chi connectivity index (χ0) is 26.0. The molecular weight excluding hydrogens is 483 g/mol. The van der Waals surface area contributed by atoms with Crippen LogP contribution in [0.4, 0.5) is 4.39 Å². The first-order valence-electron chi connectivity index (χ1n) is 13.0. The van der Waals surface area contributed by atoms with Gasteiger partial charge < -0.3 is 10.2 Å². The number of benzene rings is 3. The van der Waals surface area contributed by atoms with E-state index in [0.29, 0.717) is 24.3 Å². The van der Waals surface area contributed by atoms with E-state index in [1.54, 1.807) is 23.1 Å². The van der Waals surface area contributed by atoms with Crippen molar-refractivity contribution in [2.24, 2.45) is 0 Å². The molecule has 0 heterocycles. The van der Waals surface area contributed by atoms with E-state index in [-0.39, 0.29) is 29.4 Å². The zero-order valence-electron chi connectivity index (χ0n) is 21.4. The van der Waals surface area contributed by atoms with Gasteiger partial charge in [-0.1, -0.05) is 91.2 Å². The van der Waals surface area contributed by atoms with E-state index in [1.807, 2.05) is 55.5 Å². The summed E-state index contributed by atoms with van der Waals surface area (Å²) in [5.74, 6) is 0.0781. The number of nitrogens with zero attached hydrogens (tertiary/aromatic N) is 1. The molecule has 0 saturated heterocycles. The molecule has 1 fully saturated rings. The Balaban J connectivity index is 1.57. The summed E-state index contributed by atoms with van der Waals surface area (Å²) < 4.78 is 14.1. The van der Waals surface area contributed by atoms with Crippen LogP contribution in [0.25, 0.3) is 0 Å². The highest BCUT2D eigenvalue weighted by molar-refractivity contribution is 7.99. The topological polar surface area (TPSA) is 49.4 Å². The highest BCUT2D eigenvalue weighted by atomic mass is 32.2. The van der Waals surface area contributed by atoms with Crippen molar-refractivity contribution in [2.45, 2.75) is 63.4 Å². The minimum absolute atomic E-state index is 0.101. The molecule has 0 radical (unpaired) electrons. The lowest BCUT2D eigenvalue weighted by atomic mass is 10.0. The van der Waals surface area contributed by atoms with Crippen LogP contribution in [0.1, 0.15) is 47.9 Å². The van der Waals surface area contributed by atoms with E-state index < -0.39 is 6.04 Å². The molecule has 4 rings (SSSR count). The summed E-state index contributed by atoms with van der Waals surface area (Å²) in [5.41, 5.74) is 3.67. The lowest BCUT2D eigenvalue weighted by Gasteiger charge is -2.32. The molecule has 1 saturated carbocycles. The van der Waals surface area contributed by atoms with Crippen LogP contribution >= 0.6 is 11.8 Å². The lowest BCUT2D eigenvalue weighted by molar-refractivity contribution is -0.139. The Hall–Kier alpha value is -3.12. The quantitative estimate of drug-likeness (QED) is 0.335. The Bertz CT molecular complexity index is 1180. The van der Waals surface area contributed by atoms with Crippen molar-refractivity contribution in [3.05, 3.63) is 107 Å². The summed E-state index contributed by atoms with van der Waals surface area (Å²) in [6.45, 7) is 2.37. The first-order valence-corrected chi connectivity index (χ1v) is 14.2. The number of aryl methyl sites for hydroxylation is 1. The standard InChI is InChI=1S/C31H35FN2O2S/c1-23-10-9-13-25(18-23)20-34(30(35)22-37-21-26-14-5-8-17-28(26)32)29(19-24-11-3-2-4-12-24)31(36)33-27-15-6-7-16-27/h2-5,8-14,17-18,27,29H,6-7,15-16,19-22H2,1H3,(H,33,36). The van der Waals surface area contributed by atoms with E-state index in [0.717, 1.165) is 42.4 Å². The van der Waals surface area contributed by atoms with Gasteiger partial charge in [-0.05, 0) is 42.5 Å². The largest absolute Gasteiger partial charge is 0.352 e. The fraction of sp³-hybridized carbons (Fsp3) is 0.355. The Kier molecular flexibility index (Phi) is 9.78. The molecule has 2 amide bonds. The van der Waals surface area contributed by atoms with Gasteiger partial charge >= 0.3 is 0 Å². The predicted octanol–water partition coefficient (Wildman–Crippen LogP) is 6.07. The number of nitrogens with one attached hydrogen (secondary N) is 1. The third kappa shape index (κ3) is 7.93. The first-order chi connectivity index (χ1) is 18.0. The molecule has 3 aromatic rings. The number of amides is 2. The second-order valence-electron chi connectivity index (χ2n) is 9.79. The zero-order valence-corrected chi connectivity index (χ0v) is 22.2. The number of carbonyl (C=O) groups excluding carboxylic acids is 2. The SMILES string of the molecule is Cc1cccc(CN(C(=O)CSCc2ccccc2F)C(Cc2ccccc2)C(=O)NC2CCCC2)c1. The highest BCUT2D eigenvalue weighted by Gasteiger charge is 2.32. The Morgan fingerprint density at radius 1 is 0.973 bits per heavy atom. The van der Waals surface area contributed by atoms with Gasteiger partial charge in [-0.2, -0.15) is 0 Å². The Labute approximate surface area is 223 Å². The van der Waals surface area contributed by atoms with Crippen molar-refractivity contribution < 1.29 is 14.0 Å². The van der Waals surface area contributed by atoms with Crippen molar-refractivity contribution >= 4 is 23.6 Å². The van der Waals surface area contributed by atoms with Crippen LogP contribution in [0.5, 0.6) is 0 Å². The van der Waals surface area contributed by atoms with Crippen molar-refractivity contribution in [1.82, 2.24) is 10.2 Å². The van der Waals surface area contributed by atoms with Crippen LogP contribution in [0.3, 0.4) is 0 Å². The van der Waals surface area contributed by atoms with E-state index in [1.165, 1.54) is 17.8 Å². The molecule has 3 aromatic carbocycles. The van der Waals surface area contributed by atoms with Crippen LogP contribution in [0, 0.1) is 12.7 Å². The van der Waals surface area contributed by atoms with Gasteiger partial charge in [0.2, 0.25) is 11.8 Å². The van der Waals surface area contributed by atoms with Gasteiger partial charge in [0.1, 0.15) is 11.9 Å². The number of hydrogen-bond acceptors (Lipinski definition) is 3. The molecule has 1 aliphatic rings. The molecule has 1 N–H and O–H groups in total. The third-order valence-corrected chi connectivity index (χ3v) is 7.82. The summed E-state index contributed by atoms with van der Waals surface area (Å²) >= 11 is 1.38. The van der Waals surface area contributed by atoms with Crippen molar-refractivity contribution in [2.75, 3.05) is 5.75 Å². The third-order valence-electron chi connectivity index (χ3n) is 6.85. The van der Waals surface area contributed by atoms with Gasteiger partial charge in [0.25, 0.3) is 0 Å². The molecule has 0 aromatic heterocycles. The minimum Gasteiger partial charge on any atom is -0.352 e. The summed E-state index contributed by atoms with van der Waals surface area (Å²) in [4.78, 5) is 29.1. The predicted molar refractivity (Wildman–Crippen MR) is 149 cm³/mol. The fourth-order valence-corrected chi connectivity index (χ4v) is 5.77. The monoisotopic (exact) mass is 518 g/mol. The molecule has 4 nitrogen and oxygen atoms in total. The summed E-state index contributed by atoms with van der Waals surface area (Å²) in [6.07, 6.45) is 4.64. The number of rotatable bonds is 11. The normalized spacial score (nSPS) is 14.3. The van der Waals surface area contributed by atoms with Crippen LogP contribution < -0.4 is 5.32 Å². The second-order valence-corrected chi connectivity index (χ2v) is 10.8. The summed E-state index contributed by atoms with van der Waals surface area (Å²) in [5, 5.41) is 3.23. The lowest BCUT2D eigenvalue weighted by Crippen LogP contribution is -2.52. The summed E-state index contributed by atoms with van der Waals surface area (Å²) in [7, 11) is 0. The van der Waals surface area contributed by atoms with E-state index in [4.69, 9.17) is 0 Å². The molecule has 1 aliphatic carbocycles. The van der Waals surface area contributed by atoms with Gasteiger partial charge in [-0.15, -0.1) is 11.8 Å². The Morgan fingerprint density at radius 2 is 1.68 bits per heavy atom. The van der Waals surface area contributed by atoms with Crippen LogP contribution in [0.15, 0.2) is 78.9 Å². The molecule has 0 aliphatic heterocycles. The molecule has 194 valence electrons. The molecule has 6 heteroatoms. The van der Waals surface area contributed by atoms with Crippen molar-refractivity contribution in [1.29, 1.82) is 0 Å². The molecule has 1 atom stereocenters. The minimum atomic E-state index is -0.634. The van der Waals surface area contributed by atoms with Crippen LogP contribution in [-0.4, -0.2) is 34.6 Å². The van der Waals surface area contributed by atoms with E-state index in [2.05, 4.69) is 11.4 Å². The molecule has 37 heavy (non-hydrogen) atoms. The second kappa shape index (κ2) is 13.4. The maximum Gasteiger partial charge on any atom is 0.243 e. The van der Waals surface area contributed by atoms with Gasteiger partial charge in [0.05, 0.1) is 5.75 Å². The highest BCUT2D eigenvalue weighted by Crippen LogP contribution is 2.22. The van der Waals surface area contributed by atoms with Gasteiger partial charge in [0, 0.05) is 24.8 Å². The summed E-state index contributed by atoms with van der Waals surface area (Å²) in [6, 6.07) is 24.1. The van der Waals surface area contributed by atoms with Crippen molar-refractivity contribution in [3.63, 3.8) is 0 Å². The van der Waals surface area contributed by atoms with Gasteiger partial charge in [-0.25, -0.2) is 4.39 Å². The van der Waals surface area contributed by atoms with E-state index in [9.17, 15) is 14.0 Å². The van der Waals surface area contributed by atoms with Crippen LogP contribution in [0.2, 0.25) is 0 Å². The fourth-order valence-electron chi connectivity index (χ4n) is 4.88. The van der Waals surface area contributed by atoms with Gasteiger partial charge in [-0.3, -0.25) is 9.59 Å². The molecule has 0 bridgehead atoms. The van der Waals surface area contributed by atoms with Gasteiger partial charge in [0.15, 0.2) is 0 Å². The van der Waals surface area contributed by atoms with E-state index >= 15 is 0 Å². The Morgan fingerprint density at radius 3 is 2.41 bits per heavy atom. The number of halogens is 1. The average molecular weight is 519 g/mol. The smallest absolute Gasteiger partial charge is 0.243 e. The number of thioether (sulfide) groups is 1. The number of hydrogen-bond donors (Lipinski definition) is 1.